The third kappa shape index (κ3) is 1.60. The first-order chi connectivity index (χ1) is 5.16. The maximum absolute atomic E-state index is 13.0. The zero-order valence-electron chi connectivity index (χ0n) is 6.06. The van der Waals surface area contributed by atoms with Gasteiger partial charge in [-0.3, -0.25) is 0 Å². The molecule has 0 saturated heterocycles. The van der Waals surface area contributed by atoms with Crippen molar-refractivity contribution in [3.8, 4) is 0 Å². The van der Waals surface area contributed by atoms with Gasteiger partial charge in [0, 0.05) is 0 Å². The van der Waals surface area contributed by atoms with E-state index in [9.17, 15) is 4.39 Å². The summed E-state index contributed by atoms with van der Waals surface area (Å²) in [5.41, 5.74) is 1.13. The van der Waals surface area contributed by atoms with Gasteiger partial charge >= 0.3 is 0 Å². The maximum Gasteiger partial charge on any atom is 0.140 e. The molecule has 1 nitrogen and oxygen atoms in total. The SMILES string of the molecule is Cc1c(CO)ccc(Br)c1F. The molecule has 0 fully saturated rings. The number of hydrogen-bond acceptors (Lipinski definition) is 1. The molecule has 0 spiro atoms. The highest BCUT2D eigenvalue weighted by Crippen LogP contribution is 2.21. The smallest absolute Gasteiger partial charge is 0.140 e. The summed E-state index contributed by atoms with van der Waals surface area (Å²) in [7, 11) is 0. The minimum Gasteiger partial charge on any atom is -0.392 e. The van der Waals surface area contributed by atoms with Crippen molar-refractivity contribution in [2.24, 2.45) is 0 Å². The number of rotatable bonds is 1. The van der Waals surface area contributed by atoms with E-state index >= 15 is 0 Å². The van der Waals surface area contributed by atoms with E-state index in [0.717, 1.165) is 0 Å². The van der Waals surface area contributed by atoms with E-state index in [1.54, 1.807) is 19.1 Å². The van der Waals surface area contributed by atoms with Crippen LogP contribution in [0.2, 0.25) is 0 Å². The van der Waals surface area contributed by atoms with Gasteiger partial charge in [-0.1, -0.05) is 6.07 Å². The molecular weight excluding hydrogens is 211 g/mol. The fourth-order valence-electron chi connectivity index (χ4n) is 0.863. The largest absolute Gasteiger partial charge is 0.392 e. The van der Waals surface area contributed by atoms with Crippen molar-refractivity contribution in [2.75, 3.05) is 0 Å². The van der Waals surface area contributed by atoms with Crippen molar-refractivity contribution in [3.63, 3.8) is 0 Å². The molecule has 0 aliphatic carbocycles. The van der Waals surface area contributed by atoms with Crippen LogP contribution in [-0.4, -0.2) is 5.11 Å². The van der Waals surface area contributed by atoms with E-state index in [0.29, 0.717) is 15.6 Å². The summed E-state index contributed by atoms with van der Waals surface area (Å²) in [5.74, 6) is -0.295. The Labute approximate surface area is 73.0 Å². The molecule has 0 saturated carbocycles. The Bertz CT molecular complexity index is 273. The molecule has 0 radical (unpaired) electrons. The average Bonchev–Trinajstić information content (AvgIpc) is 2.01. The Morgan fingerprint density at radius 2 is 2.18 bits per heavy atom. The van der Waals surface area contributed by atoms with Crippen LogP contribution in [0.4, 0.5) is 4.39 Å². The standard InChI is InChI=1S/C8H8BrFO/c1-5-6(4-11)2-3-7(9)8(5)10/h2-3,11H,4H2,1H3. The second-order valence-corrected chi connectivity index (χ2v) is 3.16. The van der Waals surface area contributed by atoms with E-state index in [4.69, 9.17) is 5.11 Å². The highest BCUT2D eigenvalue weighted by molar-refractivity contribution is 9.10. The van der Waals surface area contributed by atoms with Gasteiger partial charge in [0.05, 0.1) is 11.1 Å². The van der Waals surface area contributed by atoms with Gasteiger partial charge in [0.1, 0.15) is 5.82 Å². The van der Waals surface area contributed by atoms with Gasteiger partial charge in [0.2, 0.25) is 0 Å². The fraction of sp³-hybridized carbons (Fsp3) is 0.250. The molecule has 0 heterocycles. The molecule has 11 heavy (non-hydrogen) atoms. The molecule has 0 aromatic heterocycles. The molecule has 0 bridgehead atoms. The van der Waals surface area contributed by atoms with Crippen molar-refractivity contribution in [3.05, 3.63) is 33.5 Å². The van der Waals surface area contributed by atoms with Crippen molar-refractivity contribution >= 4 is 15.9 Å². The van der Waals surface area contributed by atoms with E-state index < -0.39 is 0 Å². The van der Waals surface area contributed by atoms with Gasteiger partial charge in [0.15, 0.2) is 0 Å². The molecule has 1 N–H and O–H groups in total. The van der Waals surface area contributed by atoms with E-state index in [-0.39, 0.29) is 12.4 Å². The number of aliphatic hydroxyl groups excluding tert-OH is 1. The number of aliphatic hydroxyl groups is 1. The van der Waals surface area contributed by atoms with E-state index in [2.05, 4.69) is 15.9 Å². The van der Waals surface area contributed by atoms with Crippen LogP contribution in [-0.2, 0) is 6.61 Å². The monoisotopic (exact) mass is 218 g/mol. The molecule has 3 heteroatoms. The Morgan fingerprint density at radius 3 is 2.73 bits per heavy atom. The van der Waals surface area contributed by atoms with Crippen LogP contribution in [0.15, 0.2) is 16.6 Å². The lowest BCUT2D eigenvalue weighted by atomic mass is 10.1. The molecule has 0 aliphatic rings. The lowest BCUT2D eigenvalue weighted by Crippen LogP contribution is -1.92. The Hall–Kier alpha value is -0.410. The fourth-order valence-corrected chi connectivity index (χ4v) is 1.29. The number of halogens is 2. The lowest BCUT2D eigenvalue weighted by molar-refractivity contribution is 0.280. The molecule has 1 aromatic carbocycles. The van der Waals surface area contributed by atoms with Crippen LogP contribution in [0.5, 0.6) is 0 Å². The summed E-state index contributed by atoms with van der Waals surface area (Å²) in [6, 6.07) is 3.29. The minimum absolute atomic E-state index is 0.115. The quantitative estimate of drug-likeness (QED) is 0.768. The first-order valence-electron chi connectivity index (χ1n) is 3.21. The summed E-state index contributed by atoms with van der Waals surface area (Å²) >= 11 is 3.05. The van der Waals surface area contributed by atoms with Crippen molar-refractivity contribution < 1.29 is 9.50 Å². The van der Waals surface area contributed by atoms with Gasteiger partial charge in [-0.25, -0.2) is 4.39 Å². The second-order valence-electron chi connectivity index (χ2n) is 2.30. The summed E-state index contributed by atoms with van der Waals surface area (Å²) in [6.45, 7) is 1.53. The summed E-state index contributed by atoms with van der Waals surface area (Å²) in [5, 5.41) is 8.75. The van der Waals surface area contributed by atoms with Crippen LogP contribution in [0.1, 0.15) is 11.1 Å². The molecule has 0 aliphatic heterocycles. The molecule has 0 atom stereocenters. The molecule has 60 valence electrons. The van der Waals surface area contributed by atoms with Gasteiger partial charge in [0.25, 0.3) is 0 Å². The number of hydrogen-bond donors (Lipinski definition) is 1. The van der Waals surface area contributed by atoms with Gasteiger partial charge in [-0.05, 0) is 40.0 Å². The first-order valence-corrected chi connectivity index (χ1v) is 4.00. The zero-order chi connectivity index (χ0) is 8.43. The molecule has 0 amide bonds. The first kappa shape index (κ1) is 8.68. The molecular formula is C8H8BrFO. The highest BCUT2D eigenvalue weighted by Gasteiger charge is 2.05. The summed E-state index contributed by atoms with van der Waals surface area (Å²) < 4.78 is 13.5. The maximum atomic E-state index is 13.0. The van der Waals surface area contributed by atoms with Crippen LogP contribution in [0, 0.1) is 12.7 Å². The van der Waals surface area contributed by atoms with Crippen LogP contribution in [0.3, 0.4) is 0 Å². The third-order valence-electron chi connectivity index (χ3n) is 1.62. The number of benzene rings is 1. The summed E-state index contributed by atoms with van der Waals surface area (Å²) in [6.07, 6.45) is 0. The Balaban J connectivity index is 3.25. The van der Waals surface area contributed by atoms with Crippen LogP contribution >= 0.6 is 15.9 Å². The van der Waals surface area contributed by atoms with E-state index in [1.807, 2.05) is 0 Å². The highest BCUT2D eigenvalue weighted by atomic mass is 79.9. The van der Waals surface area contributed by atoms with Crippen molar-refractivity contribution in [1.29, 1.82) is 0 Å². The van der Waals surface area contributed by atoms with Gasteiger partial charge in [-0.15, -0.1) is 0 Å². The summed E-state index contributed by atoms with van der Waals surface area (Å²) in [4.78, 5) is 0. The van der Waals surface area contributed by atoms with Crippen molar-refractivity contribution in [2.45, 2.75) is 13.5 Å². The normalized spacial score (nSPS) is 10.2. The van der Waals surface area contributed by atoms with Crippen LogP contribution in [0.25, 0.3) is 0 Å². The zero-order valence-corrected chi connectivity index (χ0v) is 7.65. The van der Waals surface area contributed by atoms with Gasteiger partial charge in [-0.2, -0.15) is 0 Å². The van der Waals surface area contributed by atoms with Crippen LogP contribution < -0.4 is 0 Å². The minimum atomic E-state index is -0.295. The average molecular weight is 219 g/mol. The lowest BCUT2D eigenvalue weighted by Gasteiger charge is -2.03. The van der Waals surface area contributed by atoms with Gasteiger partial charge < -0.3 is 5.11 Å². The third-order valence-corrected chi connectivity index (χ3v) is 2.23. The molecule has 0 unspecified atom stereocenters. The molecule has 1 rings (SSSR count). The predicted octanol–water partition coefficient (Wildman–Crippen LogP) is 2.39. The Morgan fingerprint density at radius 1 is 1.55 bits per heavy atom. The van der Waals surface area contributed by atoms with Crippen molar-refractivity contribution in [1.82, 2.24) is 0 Å². The molecule has 1 aromatic rings. The second kappa shape index (κ2) is 3.32. The van der Waals surface area contributed by atoms with E-state index in [1.165, 1.54) is 0 Å². The Kier molecular flexibility index (Phi) is 2.62. The topological polar surface area (TPSA) is 20.2 Å². The predicted molar refractivity (Wildman–Crippen MR) is 44.8 cm³/mol.